The van der Waals surface area contributed by atoms with Crippen LogP contribution in [0.2, 0.25) is 5.02 Å². The van der Waals surface area contributed by atoms with Crippen LogP contribution in [0.3, 0.4) is 0 Å². The molecular formula is C22H28ClN3O6S2. The first-order valence-corrected chi connectivity index (χ1v) is 14.0. The van der Waals surface area contributed by atoms with Crippen LogP contribution >= 0.6 is 11.6 Å². The summed E-state index contributed by atoms with van der Waals surface area (Å²) in [7, 11) is -4.63. The number of rotatable bonds is 10. The molecule has 0 bridgehead atoms. The lowest BCUT2D eigenvalue weighted by Gasteiger charge is -2.17. The number of nitrogens with zero attached hydrogens (tertiary/aromatic N) is 2. The van der Waals surface area contributed by atoms with Crippen molar-refractivity contribution in [1.82, 2.24) is 13.9 Å². The van der Waals surface area contributed by atoms with E-state index in [2.05, 4.69) is 5.32 Å². The Morgan fingerprint density at radius 2 is 1.68 bits per heavy atom. The number of methoxy groups -OCH3 is 1. The van der Waals surface area contributed by atoms with E-state index in [-0.39, 0.29) is 27.9 Å². The van der Waals surface area contributed by atoms with Crippen LogP contribution in [0.4, 0.5) is 0 Å². The molecule has 9 nitrogen and oxygen atoms in total. The van der Waals surface area contributed by atoms with Gasteiger partial charge in [0.1, 0.15) is 5.75 Å². The molecule has 34 heavy (non-hydrogen) atoms. The molecule has 1 N–H and O–H groups in total. The third-order valence-corrected chi connectivity index (χ3v) is 9.57. The fraction of sp³-hybridized carbons (Fsp3) is 0.409. The first kappa shape index (κ1) is 26.4. The van der Waals surface area contributed by atoms with E-state index in [4.69, 9.17) is 16.3 Å². The lowest BCUT2D eigenvalue weighted by Crippen LogP contribution is -2.39. The average Bonchev–Trinajstić information content (AvgIpc) is 3.35. The number of carbonyl (C=O) groups excluding carboxylic acids is 1. The minimum atomic E-state index is -3.91. The summed E-state index contributed by atoms with van der Waals surface area (Å²) < 4.78 is 58.1. The van der Waals surface area contributed by atoms with E-state index in [9.17, 15) is 21.6 Å². The molecule has 3 rings (SSSR count). The molecule has 0 aromatic heterocycles. The average molecular weight is 530 g/mol. The van der Waals surface area contributed by atoms with Crippen molar-refractivity contribution in [3.05, 3.63) is 53.1 Å². The van der Waals surface area contributed by atoms with Gasteiger partial charge in [0.15, 0.2) is 0 Å². The smallest absolute Gasteiger partial charge is 0.243 e. The first-order chi connectivity index (χ1) is 16.1. The van der Waals surface area contributed by atoms with Crippen molar-refractivity contribution in [2.75, 3.05) is 40.3 Å². The van der Waals surface area contributed by atoms with Gasteiger partial charge in [-0.05, 0) is 55.2 Å². The van der Waals surface area contributed by atoms with Gasteiger partial charge in [0.25, 0.3) is 0 Å². The molecule has 1 amide bonds. The Morgan fingerprint density at radius 1 is 1.06 bits per heavy atom. The Labute approximate surface area is 205 Å². The van der Waals surface area contributed by atoms with Crippen molar-refractivity contribution >= 4 is 37.6 Å². The summed E-state index contributed by atoms with van der Waals surface area (Å²) in [6.45, 7) is 1.01. The van der Waals surface area contributed by atoms with Gasteiger partial charge in [-0.25, -0.2) is 16.8 Å². The molecule has 0 saturated carbocycles. The molecule has 0 unspecified atom stereocenters. The third kappa shape index (κ3) is 6.08. The fourth-order valence-electron chi connectivity index (χ4n) is 3.58. The van der Waals surface area contributed by atoms with E-state index in [1.165, 1.54) is 36.7 Å². The molecule has 0 spiro atoms. The summed E-state index contributed by atoms with van der Waals surface area (Å²) in [5, 5.41) is 2.84. The second-order valence-corrected chi connectivity index (χ2v) is 12.3. The molecule has 12 heteroatoms. The second kappa shape index (κ2) is 11.0. The lowest BCUT2D eigenvalue weighted by molar-refractivity contribution is -0.121. The van der Waals surface area contributed by atoms with Crippen LogP contribution in [0.5, 0.6) is 5.75 Å². The van der Waals surface area contributed by atoms with Crippen LogP contribution in [0.15, 0.2) is 52.3 Å². The van der Waals surface area contributed by atoms with Gasteiger partial charge in [0.05, 0.1) is 28.5 Å². The van der Waals surface area contributed by atoms with E-state index in [1.807, 2.05) is 0 Å². The normalized spacial score (nSPS) is 14.9. The Kier molecular flexibility index (Phi) is 8.58. The zero-order valence-electron chi connectivity index (χ0n) is 19.0. The summed E-state index contributed by atoms with van der Waals surface area (Å²) in [6, 6.07) is 10.7. The largest absolute Gasteiger partial charge is 0.495 e. The number of hydrogen-bond donors (Lipinski definition) is 1. The number of benzene rings is 2. The molecule has 2 aromatic carbocycles. The Hall–Kier alpha value is -2.18. The Morgan fingerprint density at radius 3 is 2.26 bits per heavy atom. The summed E-state index contributed by atoms with van der Waals surface area (Å²) in [6.07, 6.45) is 2.23. The van der Waals surface area contributed by atoms with Gasteiger partial charge < -0.3 is 10.1 Å². The number of halogens is 1. The molecule has 0 aliphatic carbocycles. The maximum absolute atomic E-state index is 12.7. The van der Waals surface area contributed by atoms with E-state index in [0.717, 1.165) is 22.7 Å². The number of likely N-dealkylation sites (N-methyl/N-ethyl adjacent to an activating group) is 1. The van der Waals surface area contributed by atoms with Crippen molar-refractivity contribution in [2.45, 2.75) is 29.1 Å². The number of carbonyl (C=O) groups is 1. The van der Waals surface area contributed by atoms with Gasteiger partial charge in [0, 0.05) is 26.7 Å². The molecule has 1 aliphatic heterocycles. The zero-order chi connectivity index (χ0) is 24.9. The predicted octanol–water partition coefficient (Wildman–Crippen LogP) is 2.11. The highest BCUT2D eigenvalue weighted by atomic mass is 35.5. The van der Waals surface area contributed by atoms with Gasteiger partial charge in [-0.2, -0.15) is 8.61 Å². The van der Waals surface area contributed by atoms with Gasteiger partial charge in [-0.15, -0.1) is 0 Å². The molecule has 1 fully saturated rings. The number of ether oxygens (including phenoxy) is 1. The lowest BCUT2D eigenvalue weighted by atomic mass is 10.1. The van der Waals surface area contributed by atoms with Crippen molar-refractivity contribution in [3.63, 3.8) is 0 Å². The maximum atomic E-state index is 12.7. The highest BCUT2D eigenvalue weighted by Gasteiger charge is 2.27. The first-order valence-electron chi connectivity index (χ1n) is 10.7. The van der Waals surface area contributed by atoms with Gasteiger partial charge in [0.2, 0.25) is 26.0 Å². The molecule has 1 aliphatic rings. The highest BCUT2D eigenvalue weighted by Crippen LogP contribution is 2.28. The van der Waals surface area contributed by atoms with Crippen LogP contribution in [-0.2, 0) is 31.3 Å². The Bertz CT molecular complexity index is 1230. The third-order valence-electron chi connectivity index (χ3n) is 5.56. The van der Waals surface area contributed by atoms with Crippen LogP contribution in [0.1, 0.15) is 18.4 Å². The van der Waals surface area contributed by atoms with Gasteiger partial charge >= 0.3 is 0 Å². The Balaban J connectivity index is 1.51. The number of sulfonamides is 2. The monoisotopic (exact) mass is 529 g/mol. The molecule has 0 radical (unpaired) electrons. The van der Waals surface area contributed by atoms with Crippen molar-refractivity contribution in [3.8, 4) is 5.75 Å². The minimum absolute atomic E-state index is 0.0439. The van der Waals surface area contributed by atoms with Gasteiger partial charge in [-0.3, -0.25) is 4.79 Å². The second-order valence-electron chi connectivity index (χ2n) is 7.91. The van der Waals surface area contributed by atoms with Gasteiger partial charge in [-0.1, -0.05) is 23.7 Å². The standard InChI is InChI=1S/C22H28ClN3O6S2/c1-25(33(28,29)19-9-10-21(32-2)20(23)15-19)16-22(27)24-12-11-17-5-7-18(8-6-17)34(30,31)26-13-3-4-14-26/h5-10,15H,3-4,11-14,16H2,1-2H3,(H,24,27). The molecule has 1 heterocycles. The summed E-state index contributed by atoms with van der Waals surface area (Å²) in [4.78, 5) is 12.5. The van der Waals surface area contributed by atoms with Crippen molar-refractivity contribution in [1.29, 1.82) is 0 Å². The fourth-order valence-corrected chi connectivity index (χ4v) is 6.58. The summed E-state index contributed by atoms with van der Waals surface area (Å²) in [5.41, 5.74) is 0.856. The van der Waals surface area contributed by atoms with E-state index < -0.39 is 26.0 Å². The zero-order valence-corrected chi connectivity index (χ0v) is 21.4. The minimum Gasteiger partial charge on any atom is -0.495 e. The van der Waals surface area contributed by atoms with Crippen LogP contribution < -0.4 is 10.1 Å². The van der Waals surface area contributed by atoms with E-state index in [1.54, 1.807) is 24.3 Å². The van der Waals surface area contributed by atoms with Crippen molar-refractivity contribution in [2.24, 2.45) is 0 Å². The molecule has 2 aromatic rings. The van der Waals surface area contributed by atoms with Crippen LogP contribution in [0.25, 0.3) is 0 Å². The van der Waals surface area contributed by atoms with E-state index in [0.29, 0.717) is 25.3 Å². The topological polar surface area (TPSA) is 113 Å². The SMILES string of the molecule is COc1ccc(S(=O)(=O)N(C)CC(=O)NCCc2ccc(S(=O)(=O)N3CCCC3)cc2)cc1Cl. The molecule has 186 valence electrons. The highest BCUT2D eigenvalue weighted by molar-refractivity contribution is 7.89. The summed E-state index contributed by atoms with van der Waals surface area (Å²) >= 11 is 6.02. The summed E-state index contributed by atoms with van der Waals surface area (Å²) in [5.74, 6) is -0.110. The molecular weight excluding hydrogens is 502 g/mol. The van der Waals surface area contributed by atoms with E-state index >= 15 is 0 Å². The molecule has 1 saturated heterocycles. The van der Waals surface area contributed by atoms with Crippen LogP contribution in [0, 0.1) is 0 Å². The maximum Gasteiger partial charge on any atom is 0.243 e. The number of nitrogens with one attached hydrogen (secondary N) is 1. The van der Waals surface area contributed by atoms with Crippen LogP contribution in [-0.4, -0.2) is 71.7 Å². The molecule has 0 atom stereocenters. The predicted molar refractivity (Wildman–Crippen MR) is 129 cm³/mol. The number of amides is 1. The quantitative estimate of drug-likeness (QED) is 0.504. The van der Waals surface area contributed by atoms with Crippen molar-refractivity contribution < 1.29 is 26.4 Å². The number of hydrogen-bond acceptors (Lipinski definition) is 6.